The molecule has 0 fully saturated rings. The number of nitrogen functional groups attached to an aromatic ring is 1. The second-order valence-electron chi connectivity index (χ2n) is 6.82. The Hall–Kier alpha value is -3.08. The van der Waals surface area contributed by atoms with E-state index in [-0.39, 0.29) is 42.3 Å². The van der Waals surface area contributed by atoms with Gasteiger partial charge in [0.05, 0.1) is 29.3 Å². The first-order valence-electron chi connectivity index (χ1n) is 9.19. The predicted molar refractivity (Wildman–Crippen MR) is 106 cm³/mol. The minimum Gasteiger partial charge on any atom is -0.399 e. The van der Waals surface area contributed by atoms with Gasteiger partial charge < -0.3 is 15.9 Å². The van der Waals surface area contributed by atoms with Crippen LogP contribution >= 0.6 is 0 Å². The number of aliphatic hydroxyl groups is 2. The van der Waals surface area contributed by atoms with E-state index >= 15 is 0 Å². The molecule has 10 heteroatoms. The number of aliphatic hydroxyl groups excluding tert-OH is 2. The molecule has 0 bridgehead atoms. The van der Waals surface area contributed by atoms with Gasteiger partial charge in [-0.05, 0) is 23.9 Å². The highest BCUT2D eigenvalue weighted by Crippen LogP contribution is 2.35. The molecule has 4 N–H and O–H groups in total. The number of non-ortho nitro benzene ring substituents is 1. The number of amides is 2. The summed E-state index contributed by atoms with van der Waals surface area (Å²) in [5, 5.41) is 30.2. The summed E-state index contributed by atoms with van der Waals surface area (Å²) in [4.78, 5) is 39.4. The van der Waals surface area contributed by atoms with Gasteiger partial charge in [0.25, 0.3) is 17.5 Å². The van der Waals surface area contributed by atoms with E-state index in [2.05, 4.69) is 0 Å². The highest BCUT2D eigenvalue weighted by Gasteiger charge is 2.34. The quantitative estimate of drug-likeness (QED) is 0.239. The third-order valence-electron chi connectivity index (χ3n) is 4.91. The summed E-state index contributed by atoms with van der Waals surface area (Å²) in [5.41, 5.74) is 6.25. The summed E-state index contributed by atoms with van der Waals surface area (Å²) in [7, 11) is 0. The summed E-state index contributed by atoms with van der Waals surface area (Å²) in [6.45, 7) is 1.16. The van der Waals surface area contributed by atoms with Crippen molar-refractivity contribution in [3.05, 3.63) is 45.5 Å². The van der Waals surface area contributed by atoms with Crippen LogP contribution in [0.25, 0.3) is 10.8 Å². The zero-order valence-electron chi connectivity index (χ0n) is 15.7. The number of nitro benzene ring substituents is 1. The van der Waals surface area contributed by atoms with E-state index in [4.69, 9.17) is 15.9 Å². The monoisotopic (exact) mass is 402 g/mol. The summed E-state index contributed by atoms with van der Waals surface area (Å²) >= 11 is 0. The maximum Gasteiger partial charge on any atom is 0.270 e. The Morgan fingerprint density at radius 3 is 2.21 bits per heavy atom. The van der Waals surface area contributed by atoms with Gasteiger partial charge in [-0.15, -0.1) is 0 Å². The molecule has 29 heavy (non-hydrogen) atoms. The van der Waals surface area contributed by atoms with E-state index in [1.165, 1.54) is 24.3 Å². The van der Waals surface area contributed by atoms with Crippen LogP contribution in [0.5, 0.6) is 0 Å². The lowest BCUT2D eigenvalue weighted by Crippen LogP contribution is -2.42. The average Bonchev–Trinajstić information content (AvgIpc) is 2.68. The highest BCUT2D eigenvalue weighted by molar-refractivity contribution is 6.26. The average molecular weight is 402 g/mol. The zero-order chi connectivity index (χ0) is 21.1. The molecular formula is C19H22N4O6. The van der Waals surface area contributed by atoms with Crippen molar-refractivity contribution in [3.8, 4) is 0 Å². The van der Waals surface area contributed by atoms with Crippen LogP contribution in [0, 0.1) is 10.1 Å². The first-order chi connectivity index (χ1) is 13.9. The Kier molecular flexibility index (Phi) is 6.06. The predicted octanol–water partition coefficient (Wildman–Crippen LogP) is 0.603. The first-order valence-corrected chi connectivity index (χ1v) is 9.19. The van der Waals surface area contributed by atoms with Crippen molar-refractivity contribution >= 4 is 34.0 Å². The van der Waals surface area contributed by atoms with Gasteiger partial charge in [-0.25, -0.2) is 0 Å². The largest absolute Gasteiger partial charge is 0.399 e. The van der Waals surface area contributed by atoms with Gasteiger partial charge in [-0.3, -0.25) is 29.5 Å². The number of hydrogen-bond donors (Lipinski definition) is 3. The molecule has 3 rings (SSSR count). The maximum atomic E-state index is 13.0. The maximum absolute atomic E-state index is 13.0. The van der Waals surface area contributed by atoms with Crippen LogP contribution in [-0.2, 0) is 0 Å². The molecule has 10 nitrogen and oxygen atoms in total. The van der Waals surface area contributed by atoms with Gasteiger partial charge >= 0.3 is 0 Å². The van der Waals surface area contributed by atoms with E-state index in [0.29, 0.717) is 36.8 Å². The molecule has 1 heterocycles. The van der Waals surface area contributed by atoms with Gasteiger partial charge in [0.2, 0.25) is 0 Å². The lowest BCUT2D eigenvalue weighted by Gasteiger charge is -2.28. The normalized spacial score (nSPS) is 13.6. The molecule has 0 saturated carbocycles. The summed E-state index contributed by atoms with van der Waals surface area (Å²) in [6, 6.07) is 5.47. The van der Waals surface area contributed by atoms with E-state index in [0.717, 1.165) is 4.90 Å². The molecule has 2 aromatic rings. The molecule has 1 aliphatic rings. The Morgan fingerprint density at radius 1 is 1.00 bits per heavy atom. The number of nitro groups is 1. The van der Waals surface area contributed by atoms with E-state index in [1.54, 1.807) is 0 Å². The van der Waals surface area contributed by atoms with Crippen LogP contribution in [0.4, 0.5) is 11.4 Å². The van der Waals surface area contributed by atoms with Crippen LogP contribution in [-0.4, -0.2) is 76.1 Å². The Labute approximate surface area is 166 Å². The minimum atomic E-state index is -0.589. The number of rotatable bonds is 9. The highest BCUT2D eigenvalue weighted by atomic mass is 16.6. The lowest BCUT2D eigenvalue weighted by atomic mass is 9.92. The third-order valence-corrected chi connectivity index (χ3v) is 4.91. The molecule has 0 radical (unpaired) electrons. The molecule has 0 saturated heterocycles. The summed E-state index contributed by atoms with van der Waals surface area (Å²) in [6.07, 6.45) is 0.424. The Bertz CT molecular complexity index is 971. The number of benzene rings is 2. The van der Waals surface area contributed by atoms with Gasteiger partial charge in [-0.1, -0.05) is 0 Å². The molecule has 154 valence electrons. The summed E-state index contributed by atoms with van der Waals surface area (Å²) < 4.78 is 0. The van der Waals surface area contributed by atoms with Gasteiger partial charge in [0, 0.05) is 49.4 Å². The molecule has 2 amide bonds. The van der Waals surface area contributed by atoms with Crippen molar-refractivity contribution in [2.24, 2.45) is 0 Å². The number of carbonyl (C=O) groups is 2. The fourth-order valence-electron chi connectivity index (χ4n) is 3.62. The second kappa shape index (κ2) is 8.52. The molecule has 0 unspecified atom stereocenters. The number of imide groups is 1. The number of hydrogen-bond acceptors (Lipinski definition) is 8. The standard InChI is InChI=1S/C19H22N4O6/c20-13-8-12-9-14(23(28)29)11-16-17(12)15(10-13)18(26)22(19(16)27)3-1-2-21(4-6-24)5-7-25/h8-11,24-25H,1-7,20H2. The smallest absolute Gasteiger partial charge is 0.270 e. The molecule has 0 atom stereocenters. The first kappa shape index (κ1) is 20.6. The Balaban J connectivity index is 1.91. The van der Waals surface area contributed by atoms with Crippen molar-refractivity contribution in [2.75, 3.05) is 45.1 Å². The van der Waals surface area contributed by atoms with Crippen LogP contribution in [0.2, 0.25) is 0 Å². The topological polar surface area (TPSA) is 150 Å². The van der Waals surface area contributed by atoms with Gasteiger partial charge in [0.1, 0.15) is 0 Å². The fourth-order valence-corrected chi connectivity index (χ4v) is 3.62. The molecule has 0 aromatic heterocycles. The Morgan fingerprint density at radius 2 is 1.62 bits per heavy atom. The molecular weight excluding hydrogens is 380 g/mol. The van der Waals surface area contributed by atoms with E-state index in [9.17, 15) is 19.7 Å². The SMILES string of the molecule is Nc1cc2c3c(cc([N+](=O)[O-])cc3c1)C(=O)N(CCCN(CCO)CCO)C2=O. The zero-order valence-corrected chi connectivity index (χ0v) is 15.7. The van der Waals surface area contributed by atoms with Crippen molar-refractivity contribution < 1.29 is 24.7 Å². The van der Waals surface area contributed by atoms with Crippen LogP contribution in [0.3, 0.4) is 0 Å². The summed E-state index contributed by atoms with van der Waals surface area (Å²) in [5.74, 6) is -1.08. The van der Waals surface area contributed by atoms with Gasteiger partial charge in [-0.2, -0.15) is 0 Å². The number of nitrogens with two attached hydrogens (primary N) is 1. The van der Waals surface area contributed by atoms with Crippen molar-refractivity contribution in [2.45, 2.75) is 6.42 Å². The number of nitrogens with zero attached hydrogens (tertiary/aromatic N) is 3. The lowest BCUT2D eigenvalue weighted by molar-refractivity contribution is -0.384. The van der Waals surface area contributed by atoms with E-state index in [1.807, 2.05) is 4.90 Å². The van der Waals surface area contributed by atoms with E-state index < -0.39 is 16.7 Å². The van der Waals surface area contributed by atoms with Crippen LogP contribution < -0.4 is 5.73 Å². The molecule has 0 spiro atoms. The van der Waals surface area contributed by atoms with Crippen LogP contribution in [0.1, 0.15) is 27.1 Å². The van der Waals surface area contributed by atoms with Crippen LogP contribution in [0.15, 0.2) is 24.3 Å². The fraction of sp³-hybridized carbons (Fsp3) is 0.368. The molecule has 0 aliphatic carbocycles. The number of carbonyl (C=O) groups excluding carboxylic acids is 2. The van der Waals surface area contributed by atoms with Crippen molar-refractivity contribution in [1.29, 1.82) is 0 Å². The van der Waals surface area contributed by atoms with Crippen molar-refractivity contribution in [3.63, 3.8) is 0 Å². The molecule has 2 aromatic carbocycles. The second-order valence-corrected chi connectivity index (χ2v) is 6.82. The molecule has 1 aliphatic heterocycles. The minimum absolute atomic E-state index is 0.0696. The van der Waals surface area contributed by atoms with Gasteiger partial charge in [0.15, 0.2) is 0 Å². The third kappa shape index (κ3) is 4.04. The van der Waals surface area contributed by atoms with Crippen molar-refractivity contribution in [1.82, 2.24) is 9.80 Å². The number of anilines is 1.